The van der Waals surface area contributed by atoms with Crippen molar-refractivity contribution in [1.29, 1.82) is 0 Å². The van der Waals surface area contributed by atoms with Crippen LogP contribution in [-0.4, -0.2) is 38.6 Å². The van der Waals surface area contributed by atoms with Crippen molar-refractivity contribution >= 4 is 11.8 Å². The van der Waals surface area contributed by atoms with Crippen LogP contribution in [0.3, 0.4) is 0 Å². The molecule has 7 heteroatoms. The Bertz CT molecular complexity index is 673. The molecule has 2 heterocycles. The van der Waals surface area contributed by atoms with Gasteiger partial charge in [-0.05, 0) is 37.0 Å². The summed E-state index contributed by atoms with van der Waals surface area (Å²) in [6, 6.07) is 5.53. The first-order valence-electron chi connectivity index (χ1n) is 8.85. The second kappa shape index (κ2) is 8.62. The number of hydrogen-bond acceptors (Lipinski definition) is 4. The highest BCUT2D eigenvalue weighted by Gasteiger charge is 2.25. The van der Waals surface area contributed by atoms with Crippen LogP contribution in [0.4, 0.5) is 10.6 Å². The van der Waals surface area contributed by atoms with Gasteiger partial charge in [-0.1, -0.05) is 12.8 Å². The number of nitrogens with one attached hydrogen (secondary N) is 2. The molecule has 0 aromatic carbocycles. The molecule has 0 saturated heterocycles. The van der Waals surface area contributed by atoms with Gasteiger partial charge in [0, 0.05) is 49.8 Å². The third kappa shape index (κ3) is 5.03. The van der Waals surface area contributed by atoms with Crippen molar-refractivity contribution in [3.63, 3.8) is 0 Å². The molecule has 1 saturated carbocycles. The third-order valence-corrected chi connectivity index (χ3v) is 4.72. The van der Waals surface area contributed by atoms with Crippen molar-refractivity contribution in [1.82, 2.24) is 20.1 Å². The molecule has 2 aromatic heterocycles. The average molecular weight is 343 g/mol. The Morgan fingerprint density at radius 3 is 2.84 bits per heavy atom. The molecule has 2 aromatic rings. The van der Waals surface area contributed by atoms with Gasteiger partial charge in [-0.15, -0.1) is 0 Å². The van der Waals surface area contributed by atoms with E-state index in [1.165, 1.54) is 5.56 Å². The van der Waals surface area contributed by atoms with E-state index in [1.807, 2.05) is 23.0 Å². The lowest BCUT2D eigenvalue weighted by Gasteiger charge is -2.30. The van der Waals surface area contributed by atoms with Crippen LogP contribution in [0, 0.1) is 5.92 Å². The number of aliphatic hydroxyl groups is 1. The fourth-order valence-electron chi connectivity index (χ4n) is 3.28. The summed E-state index contributed by atoms with van der Waals surface area (Å²) in [5, 5.41) is 19.6. The van der Waals surface area contributed by atoms with Gasteiger partial charge >= 0.3 is 6.03 Å². The van der Waals surface area contributed by atoms with Crippen molar-refractivity contribution in [3.8, 4) is 0 Å². The second-order valence-electron chi connectivity index (χ2n) is 6.50. The topological polar surface area (TPSA) is 92.1 Å². The predicted molar refractivity (Wildman–Crippen MR) is 95.2 cm³/mol. The van der Waals surface area contributed by atoms with Crippen LogP contribution in [0.2, 0.25) is 0 Å². The average Bonchev–Trinajstić information content (AvgIpc) is 3.08. The van der Waals surface area contributed by atoms with Crippen molar-refractivity contribution in [3.05, 3.63) is 42.4 Å². The predicted octanol–water partition coefficient (Wildman–Crippen LogP) is 2.19. The van der Waals surface area contributed by atoms with Crippen molar-refractivity contribution in [2.75, 3.05) is 11.9 Å². The van der Waals surface area contributed by atoms with Crippen LogP contribution in [0.1, 0.15) is 31.2 Å². The lowest BCUT2D eigenvalue weighted by atomic mass is 9.85. The Kier molecular flexibility index (Phi) is 6.00. The Morgan fingerprint density at radius 1 is 1.24 bits per heavy atom. The SMILES string of the molecule is O=C(Nc1ccn(CCc2ccncc2)n1)NC1CCCCC1CO. The molecule has 25 heavy (non-hydrogen) atoms. The first-order valence-corrected chi connectivity index (χ1v) is 8.85. The maximum atomic E-state index is 12.2. The van der Waals surface area contributed by atoms with E-state index in [4.69, 9.17) is 0 Å². The van der Waals surface area contributed by atoms with Crippen LogP contribution in [0.25, 0.3) is 0 Å². The first-order chi connectivity index (χ1) is 12.2. The summed E-state index contributed by atoms with van der Waals surface area (Å²) in [4.78, 5) is 16.2. The van der Waals surface area contributed by atoms with E-state index < -0.39 is 0 Å². The summed E-state index contributed by atoms with van der Waals surface area (Å²) < 4.78 is 1.81. The minimum Gasteiger partial charge on any atom is -0.396 e. The highest BCUT2D eigenvalue weighted by atomic mass is 16.3. The molecule has 0 spiro atoms. The number of carbonyl (C=O) groups is 1. The molecule has 2 unspecified atom stereocenters. The third-order valence-electron chi connectivity index (χ3n) is 4.72. The van der Waals surface area contributed by atoms with Gasteiger partial charge in [0.1, 0.15) is 0 Å². The fraction of sp³-hybridized carbons (Fsp3) is 0.500. The van der Waals surface area contributed by atoms with E-state index in [2.05, 4.69) is 20.7 Å². The van der Waals surface area contributed by atoms with E-state index in [9.17, 15) is 9.90 Å². The number of aliphatic hydroxyl groups excluding tert-OH is 1. The Hall–Kier alpha value is -2.41. The van der Waals surface area contributed by atoms with E-state index in [1.54, 1.807) is 18.5 Å². The molecule has 0 bridgehead atoms. The molecule has 134 valence electrons. The Morgan fingerprint density at radius 2 is 2.04 bits per heavy atom. The van der Waals surface area contributed by atoms with Gasteiger partial charge in [0.15, 0.2) is 5.82 Å². The van der Waals surface area contributed by atoms with E-state index >= 15 is 0 Å². The summed E-state index contributed by atoms with van der Waals surface area (Å²) >= 11 is 0. The number of amides is 2. The molecule has 1 fully saturated rings. The molecule has 0 radical (unpaired) electrons. The first kappa shape index (κ1) is 17.4. The molecule has 2 amide bonds. The van der Waals surface area contributed by atoms with Gasteiger partial charge in [0.25, 0.3) is 0 Å². The Labute approximate surface area is 147 Å². The van der Waals surface area contributed by atoms with Crippen LogP contribution in [0.15, 0.2) is 36.8 Å². The fourth-order valence-corrected chi connectivity index (χ4v) is 3.28. The minimum absolute atomic E-state index is 0.0347. The smallest absolute Gasteiger partial charge is 0.320 e. The summed E-state index contributed by atoms with van der Waals surface area (Å²) in [6.07, 6.45) is 10.4. The number of nitrogens with zero attached hydrogens (tertiary/aromatic N) is 3. The summed E-state index contributed by atoms with van der Waals surface area (Å²) in [7, 11) is 0. The Balaban J connectivity index is 1.48. The number of urea groups is 1. The van der Waals surface area contributed by atoms with Gasteiger partial charge in [0.05, 0.1) is 0 Å². The van der Waals surface area contributed by atoms with Gasteiger partial charge in [0.2, 0.25) is 0 Å². The number of aryl methyl sites for hydroxylation is 2. The number of pyridine rings is 1. The van der Waals surface area contributed by atoms with Crippen molar-refractivity contribution in [2.45, 2.75) is 44.7 Å². The quantitative estimate of drug-likeness (QED) is 0.750. The van der Waals surface area contributed by atoms with Gasteiger partial charge < -0.3 is 10.4 Å². The second-order valence-corrected chi connectivity index (χ2v) is 6.50. The zero-order valence-corrected chi connectivity index (χ0v) is 14.3. The van der Waals surface area contributed by atoms with Gasteiger partial charge in [-0.3, -0.25) is 15.0 Å². The highest BCUT2D eigenvalue weighted by molar-refractivity contribution is 5.88. The molecule has 3 N–H and O–H groups in total. The van der Waals surface area contributed by atoms with E-state index in [0.29, 0.717) is 5.82 Å². The lowest BCUT2D eigenvalue weighted by molar-refractivity contribution is 0.156. The number of rotatable bonds is 6. The number of hydrogen-bond donors (Lipinski definition) is 3. The zero-order valence-electron chi connectivity index (χ0n) is 14.3. The number of aromatic nitrogens is 3. The van der Waals surface area contributed by atoms with Crippen LogP contribution >= 0.6 is 0 Å². The number of carbonyl (C=O) groups excluding carboxylic acids is 1. The maximum Gasteiger partial charge on any atom is 0.320 e. The molecule has 0 aliphatic heterocycles. The zero-order chi connectivity index (χ0) is 17.5. The standard InChI is InChI=1S/C18H25N5O2/c24-13-15-3-1-2-4-16(15)20-18(25)21-17-8-12-23(22-17)11-7-14-5-9-19-10-6-14/h5-6,8-10,12,15-16,24H,1-4,7,11,13H2,(H2,20,21,22,25). The van der Waals surface area contributed by atoms with E-state index in [-0.39, 0.29) is 24.6 Å². The molecule has 1 aliphatic rings. The largest absolute Gasteiger partial charge is 0.396 e. The van der Waals surface area contributed by atoms with Crippen LogP contribution in [-0.2, 0) is 13.0 Å². The minimum atomic E-state index is -0.260. The lowest BCUT2D eigenvalue weighted by Crippen LogP contribution is -2.45. The van der Waals surface area contributed by atoms with E-state index in [0.717, 1.165) is 38.6 Å². The monoisotopic (exact) mass is 343 g/mol. The van der Waals surface area contributed by atoms with Crippen LogP contribution in [0.5, 0.6) is 0 Å². The van der Waals surface area contributed by atoms with Crippen LogP contribution < -0.4 is 10.6 Å². The molecule has 3 rings (SSSR count). The molecule has 7 nitrogen and oxygen atoms in total. The summed E-state index contributed by atoms with van der Waals surface area (Å²) in [5.41, 5.74) is 1.20. The summed E-state index contributed by atoms with van der Waals surface area (Å²) in [6.45, 7) is 0.858. The van der Waals surface area contributed by atoms with Gasteiger partial charge in [-0.2, -0.15) is 5.10 Å². The molecule has 1 aliphatic carbocycles. The maximum absolute atomic E-state index is 12.2. The normalized spacial score (nSPS) is 20.2. The molecular weight excluding hydrogens is 318 g/mol. The van der Waals surface area contributed by atoms with Crippen molar-refractivity contribution < 1.29 is 9.90 Å². The number of anilines is 1. The van der Waals surface area contributed by atoms with Crippen molar-refractivity contribution in [2.24, 2.45) is 5.92 Å². The highest BCUT2D eigenvalue weighted by Crippen LogP contribution is 2.24. The van der Waals surface area contributed by atoms with Gasteiger partial charge in [-0.25, -0.2) is 4.79 Å². The molecular formula is C18H25N5O2. The summed E-state index contributed by atoms with van der Waals surface area (Å²) in [5.74, 6) is 0.681. The molecule has 2 atom stereocenters.